The molecule has 1 fully saturated rings. The molecule has 29 heavy (non-hydrogen) atoms. The van der Waals surface area contributed by atoms with Crippen molar-refractivity contribution >= 4 is 34.5 Å². The zero-order chi connectivity index (χ0) is 20.7. The van der Waals surface area contributed by atoms with E-state index in [0.29, 0.717) is 22.9 Å². The molecule has 152 valence electrons. The number of hydrogen-bond donors (Lipinski definition) is 2. The Balaban J connectivity index is 1.68. The molecule has 2 unspecified atom stereocenters. The molecular weight excluding hydrogens is 377 g/mol. The first-order valence-electron chi connectivity index (χ1n) is 9.14. The Morgan fingerprint density at radius 3 is 2.83 bits per heavy atom. The average Bonchev–Trinajstić information content (AvgIpc) is 3.33. The van der Waals surface area contributed by atoms with Crippen LogP contribution in [0.1, 0.15) is 5.69 Å². The minimum Gasteiger partial charge on any atom is -0.345 e. The van der Waals surface area contributed by atoms with Crippen molar-refractivity contribution in [1.29, 1.82) is 0 Å². The van der Waals surface area contributed by atoms with Gasteiger partial charge in [0.05, 0.1) is 30.3 Å². The van der Waals surface area contributed by atoms with Crippen molar-refractivity contribution in [3.63, 3.8) is 0 Å². The van der Waals surface area contributed by atoms with Crippen LogP contribution in [0.3, 0.4) is 0 Å². The van der Waals surface area contributed by atoms with Gasteiger partial charge in [-0.25, -0.2) is 9.37 Å². The molecule has 2 N–H and O–H groups in total. The van der Waals surface area contributed by atoms with Crippen LogP contribution in [0, 0.1) is 6.92 Å². The van der Waals surface area contributed by atoms with E-state index in [2.05, 4.69) is 37.3 Å². The van der Waals surface area contributed by atoms with Gasteiger partial charge >= 0.3 is 0 Å². The number of fused-ring (bicyclic) bond motifs is 1. The number of anilines is 3. The molecule has 1 aliphatic rings. The molecule has 0 aromatic carbocycles. The number of alkyl halides is 1. The Hall–Kier alpha value is -3.50. The summed E-state index contributed by atoms with van der Waals surface area (Å²) in [7, 11) is 3.67. The summed E-state index contributed by atoms with van der Waals surface area (Å²) in [5.74, 6) is 0.468. The molecule has 4 rings (SSSR count). The molecule has 11 heteroatoms. The number of nitrogens with one attached hydrogen (secondary N) is 2. The van der Waals surface area contributed by atoms with Crippen molar-refractivity contribution in [2.45, 2.75) is 19.1 Å². The lowest BCUT2D eigenvalue weighted by atomic mass is 10.2. The van der Waals surface area contributed by atoms with Crippen LogP contribution in [0.15, 0.2) is 25.2 Å². The van der Waals surface area contributed by atoms with Crippen LogP contribution >= 0.6 is 0 Å². The van der Waals surface area contributed by atoms with E-state index in [-0.39, 0.29) is 13.1 Å². The molecule has 10 nitrogen and oxygen atoms in total. The highest BCUT2D eigenvalue weighted by atomic mass is 19.1. The summed E-state index contributed by atoms with van der Waals surface area (Å²) < 4.78 is 18.0. The first-order chi connectivity index (χ1) is 13.9. The third-order valence-electron chi connectivity index (χ3n) is 4.86. The van der Waals surface area contributed by atoms with Gasteiger partial charge in [0, 0.05) is 26.8 Å². The smallest absolute Gasteiger partial charge is 0.243 e. The summed E-state index contributed by atoms with van der Waals surface area (Å²) in [6, 6.07) is -0.650. The third-order valence-corrected chi connectivity index (χ3v) is 4.86. The van der Waals surface area contributed by atoms with E-state index < -0.39 is 18.1 Å². The van der Waals surface area contributed by atoms with Crippen molar-refractivity contribution in [2.75, 3.05) is 23.3 Å². The summed E-state index contributed by atoms with van der Waals surface area (Å²) in [6.07, 6.45) is 3.40. The van der Waals surface area contributed by atoms with E-state index >= 15 is 0 Å². The second kappa shape index (κ2) is 7.15. The van der Waals surface area contributed by atoms with Crippen LogP contribution < -0.4 is 15.5 Å². The zero-order valence-electron chi connectivity index (χ0n) is 16.4. The minimum atomic E-state index is -1.23. The molecule has 3 aromatic heterocycles. The molecule has 3 aromatic rings. The lowest BCUT2D eigenvalue weighted by Gasteiger charge is -2.17. The van der Waals surface area contributed by atoms with Gasteiger partial charge in [0.25, 0.3) is 0 Å². The Morgan fingerprint density at radius 2 is 2.14 bits per heavy atom. The predicted octanol–water partition coefficient (Wildman–Crippen LogP) is 0.978. The van der Waals surface area contributed by atoms with Crippen LogP contribution in [0.2, 0.25) is 0 Å². The summed E-state index contributed by atoms with van der Waals surface area (Å²) in [6.45, 7) is 5.64. The number of imidazole rings is 1. The van der Waals surface area contributed by atoms with Gasteiger partial charge in [-0.1, -0.05) is 6.58 Å². The lowest BCUT2D eigenvalue weighted by molar-refractivity contribution is -0.117. The summed E-state index contributed by atoms with van der Waals surface area (Å²) in [5, 5.41) is 10.2. The fraction of sp³-hybridized carbons (Fsp3) is 0.389. The van der Waals surface area contributed by atoms with Crippen molar-refractivity contribution < 1.29 is 9.18 Å². The van der Waals surface area contributed by atoms with E-state index in [9.17, 15) is 9.18 Å². The van der Waals surface area contributed by atoms with Gasteiger partial charge < -0.3 is 20.1 Å². The molecule has 1 saturated heterocycles. The van der Waals surface area contributed by atoms with Crippen LogP contribution in [0.25, 0.3) is 11.2 Å². The van der Waals surface area contributed by atoms with Crippen molar-refractivity contribution in [3.8, 4) is 0 Å². The fourth-order valence-electron chi connectivity index (χ4n) is 3.38. The maximum Gasteiger partial charge on any atom is 0.243 e. The molecule has 0 saturated carbocycles. The summed E-state index contributed by atoms with van der Waals surface area (Å²) in [5.41, 5.74) is 2.83. The molecule has 1 aliphatic heterocycles. The normalized spacial score (nSPS) is 19.0. The van der Waals surface area contributed by atoms with Crippen LogP contribution in [-0.2, 0) is 18.9 Å². The number of hydrogen-bond acceptors (Lipinski definition) is 7. The van der Waals surface area contributed by atoms with E-state index in [0.717, 1.165) is 17.5 Å². The third kappa shape index (κ3) is 3.50. The van der Waals surface area contributed by atoms with Gasteiger partial charge in [0.1, 0.15) is 6.17 Å². The Kier molecular flexibility index (Phi) is 4.65. The standard InChI is InChI=1S/C18H22FN9O/c1-5-14(29)21-13-8-28(6-11(13)19)18-23-16(15-17(24-18)26(3)9-20-15)22-12-7-27(4)25-10(12)2/h5,7,9,11,13H,1,6,8H2,2-4H3,(H,21,29)(H,22,23,24). The Morgan fingerprint density at radius 1 is 1.34 bits per heavy atom. The van der Waals surface area contributed by atoms with Crippen LogP contribution in [-0.4, -0.2) is 60.5 Å². The molecule has 4 heterocycles. The van der Waals surface area contributed by atoms with E-state index in [1.807, 2.05) is 27.2 Å². The Bertz CT molecular complexity index is 1090. The van der Waals surface area contributed by atoms with Gasteiger partial charge in [0.2, 0.25) is 11.9 Å². The quantitative estimate of drug-likeness (QED) is 0.616. The zero-order valence-corrected chi connectivity index (χ0v) is 16.4. The van der Waals surface area contributed by atoms with Gasteiger partial charge in [0.15, 0.2) is 17.0 Å². The molecular formula is C18H22FN9O. The number of aromatic nitrogens is 6. The van der Waals surface area contributed by atoms with Gasteiger partial charge in [-0.2, -0.15) is 15.1 Å². The second-order valence-electron chi connectivity index (χ2n) is 7.07. The van der Waals surface area contributed by atoms with E-state index in [1.165, 1.54) is 0 Å². The number of carbonyl (C=O) groups excluding carboxylic acids is 1. The molecule has 0 spiro atoms. The number of aryl methyl sites for hydroxylation is 3. The Labute approximate surface area is 166 Å². The summed E-state index contributed by atoms with van der Waals surface area (Å²) in [4.78, 5) is 26.8. The SMILES string of the molecule is C=CC(=O)NC1CN(c2nc(Nc3cn(C)nc3C)c3ncn(C)c3n2)CC1F. The van der Waals surface area contributed by atoms with Crippen LogP contribution in [0.4, 0.5) is 21.8 Å². The number of nitrogens with zero attached hydrogens (tertiary/aromatic N) is 7. The van der Waals surface area contributed by atoms with E-state index in [4.69, 9.17) is 0 Å². The van der Waals surface area contributed by atoms with Crippen molar-refractivity contribution in [1.82, 2.24) is 34.6 Å². The topological polar surface area (TPSA) is 106 Å². The van der Waals surface area contributed by atoms with Crippen molar-refractivity contribution in [2.24, 2.45) is 14.1 Å². The number of halogens is 1. The molecule has 0 radical (unpaired) electrons. The van der Waals surface area contributed by atoms with Gasteiger partial charge in [-0.15, -0.1) is 0 Å². The number of rotatable bonds is 5. The maximum atomic E-state index is 14.5. The highest BCUT2D eigenvalue weighted by molar-refractivity contribution is 5.88. The van der Waals surface area contributed by atoms with E-state index in [1.54, 1.807) is 20.5 Å². The first-order valence-corrected chi connectivity index (χ1v) is 9.14. The molecule has 0 aliphatic carbocycles. The van der Waals surface area contributed by atoms with Gasteiger partial charge in [-0.05, 0) is 13.0 Å². The molecule has 1 amide bonds. The fourth-order valence-corrected chi connectivity index (χ4v) is 3.38. The number of amides is 1. The predicted molar refractivity (Wildman–Crippen MR) is 107 cm³/mol. The van der Waals surface area contributed by atoms with Gasteiger partial charge in [-0.3, -0.25) is 9.48 Å². The maximum absolute atomic E-state index is 14.5. The monoisotopic (exact) mass is 399 g/mol. The largest absolute Gasteiger partial charge is 0.345 e. The number of carbonyl (C=O) groups is 1. The molecule has 0 bridgehead atoms. The van der Waals surface area contributed by atoms with Crippen LogP contribution in [0.5, 0.6) is 0 Å². The van der Waals surface area contributed by atoms with Crippen molar-refractivity contribution in [3.05, 3.63) is 30.9 Å². The molecule has 2 atom stereocenters. The summed E-state index contributed by atoms with van der Waals surface area (Å²) >= 11 is 0. The second-order valence-corrected chi connectivity index (χ2v) is 7.07. The average molecular weight is 399 g/mol. The highest BCUT2D eigenvalue weighted by Crippen LogP contribution is 2.28. The minimum absolute atomic E-state index is 0.0802. The highest BCUT2D eigenvalue weighted by Gasteiger charge is 2.35. The first kappa shape index (κ1) is 18.8. The lowest BCUT2D eigenvalue weighted by Crippen LogP contribution is -2.40.